The molecule has 0 radical (unpaired) electrons. The van der Waals surface area contributed by atoms with Crippen LogP contribution in [0.15, 0.2) is 54.6 Å². The van der Waals surface area contributed by atoms with E-state index in [9.17, 15) is 4.79 Å². The van der Waals surface area contributed by atoms with Crippen LogP contribution in [0, 0.1) is 5.92 Å². The number of carbonyl (C=O) groups is 1. The number of halogens is 2. The zero-order chi connectivity index (χ0) is 17.1. The van der Waals surface area contributed by atoms with Gasteiger partial charge in [-0.3, -0.25) is 4.79 Å². The fourth-order valence-electron chi connectivity index (χ4n) is 2.85. The van der Waals surface area contributed by atoms with Crippen LogP contribution in [0.4, 0.5) is 0 Å². The molecule has 0 amide bonds. The van der Waals surface area contributed by atoms with E-state index in [4.69, 9.17) is 23.2 Å². The lowest BCUT2D eigenvalue weighted by molar-refractivity contribution is 0.105. The average Bonchev–Trinajstić information content (AvgIpc) is 3.08. The number of imidazole rings is 1. The van der Waals surface area contributed by atoms with E-state index in [1.165, 1.54) is 5.57 Å². The van der Waals surface area contributed by atoms with E-state index in [0.717, 1.165) is 19.3 Å². The maximum absolute atomic E-state index is 13.1. The molecular formula is C19H18Cl2N2O. The van der Waals surface area contributed by atoms with Gasteiger partial charge in [-0.25, -0.2) is 4.98 Å². The zero-order valence-electron chi connectivity index (χ0n) is 13.4. The third kappa shape index (κ3) is 3.80. The molecule has 0 aliphatic heterocycles. The van der Waals surface area contributed by atoms with Gasteiger partial charge in [0.1, 0.15) is 0 Å². The van der Waals surface area contributed by atoms with Crippen molar-refractivity contribution in [3.05, 3.63) is 70.3 Å². The van der Waals surface area contributed by atoms with Crippen LogP contribution in [0.25, 0.3) is 5.70 Å². The molecule has 24 heavy (non-hydrogen) atoms. The first-order valence-corrected chi connectivity index (χ1v) is 8.65. The van der Waals surface area contributed by atoms with Crippen LogP contribution in [0.2, 0.25) is 10.0 Å². The quantitative estimate of drug-likeness (QED) is 0.400. The Bertz CT molecular complexity index is 807. The van der Waals surface area contributed by atoms with Crippen molar-refractivity contribution in [2.45, 2.75) is 26.2 Å². The van der Waals surface area contributed by atoms with Gasteiger partial charge < -0.3 is 4.57 Å². The predicted molar refractivity (Wildman–Crippen MR) is 98.4 cm³/mol. The van der Waals surface area contributed by atoms with E-state index in [0.29, 0.717) is 27.2 Å². The highest BCUT2D eigenvalue weighted by atomic mass is 35.5. The number of benzene rings is 1. The fraction of sp³-hybridized carbons (Fsp3) is 0.263. The van der Waals surface area contributed by atoms with E-state index in [2.05, 4.69) is 18.0 Å². The standard InChI is InChI=1S/C19H18Cl2N2O/c1-13-2-4-14(5-3-13)10-18(23-9-8-22-12-23)19(24)16-7-6-15(20)11-17(16)21/h2,6-12,14H,3-5H2,1H3. The highest BCUT2D eigenvalue weighted by Crippen LogP contribution is 2.29. The van der Waals surface area contributed by atoms with Crippen molar-refractivity contribution in [1.82, 2.24) is 9.55 Å². The Morgan fingerprint density at radius 3 is 2.83 bits per heavy atom. The molecule has 0 spiro atoms. The minimum absolute atomic E-state index is 0.124. The third-order valence-electron chi connectivity index (χ3n) is 4.26. The largest absolute Gasteiger partial charge is 0.303 e. The summed E-state index contributed by atoms with van der Waals surface area (Å²) in [5.41, 5.74) is 2.44. The summed E-state index contributed by atoms with van der Waals surface area (Å²) in [6.07, 6.45) is 12.4. The van der Waals surface area contributed by atoms with Gasteiger partial charge >= 0.3 is 0 Å². The Balaban J connectivity index is 1.98. The number of allylic oxidation sites excluding steroid dienone is 4. The molecule has 1 unspecified atom stereocenters. The molecule has 1 aliphatic carbocycles. The van der Waals surface area contributed by atoms with Gasteiger partial charge in [0.05, 0.1) is 17.0 Å². The molecule has 5 heteroatoms. The van der Waals surface area contributed by atoms with Crippen molar-refractivity contribution in [2.24, 2.45) is 5.92 Å². The highest BCUT2D eigenvalue weighted by molar-refractivity contribution is 6.39. The smallest absolute Gasteiger partial charge is 0.210 e. The highest BCUT2D eigenvalue weighted by Gasteiger charge is 2.20. The minimum Gasteiger partial charge on any atom is -0.303 e. The maximum Gasteiger partial charge on any atom is 0.210 e. The molecular weight excluding hydrogens is 343 g/mol. The molecule has 2 aromatic rings. The molecule has 0 saturated carbocycles. The monoisotopic (exact) mass is 360 g/mol. The van der Waals surface area contributed by atoms with Crippen LogP contribution < -0.4 is 0 Å². The third-order valence-corrected chi connectivity index (χ3v) is 4.81. The average molecular weight is 361 g/mol. The molecule has 0 N–H and O–H groups in total. The van der Waals surface area contributed by atoms with Gasteiger partial charge in [-0.05, 0) is 50.3 Å². The van der Waals surface area contributed by atoms with E-state index in [-0.39, 0.29) is 5.78 Å². The van der Waals surface area contributed by atoms with Gasteiger partial charge in [0.15, 0.2) is 0 Å². The van der Waals surface area contributed by atoms with Gasteiger partial charge in [-0.15, -0.1) is 0 Å². The number of hydrogen-bond donors (Lipinski definition) is 0. The number of aromatic nitrogens is 2. The van der Waals surface area contributed by atoms with Crippen molar-refractivity contribution >= 4 is 34.7 Å². The summed E-state index contributed by atoms with van der Waals surface area (Å²) in [7, 11) is 0. The Hall–Kier alpha value is -1.84. The van der Waals surface area contributed by atoms with Gasteiger partial charge in [0.25, 0.3) is 0 Å². The molecule has 1 aliphatic rings. The lowest BCUT2D eigenvalue weighted by Gasteiger charge is -2.19. The number of hydrogen-bond acceptors (Lipinski definition) is 2. The van der Waals surface area contributed by atoms with E-state index < -0.39 is 0 Å². The maximum atomic E-state index is 13.1. The second-order valence-electron chi connectivity index (χ2n) is 6.06. The molecule has 124 valence electrons. The molecule has 0 fully saturated rings. The molecule has 0 bridgehead atoms. The van der Waals surface area contributed by atoms with Crippen LogP contribution in [-0.4, -0.2) is 15.3 Å². The van der Waals surface area contributed by atoms with Gasteiger partial charge in [-0.2, -0.15) is 0 Å². The van der Waals surface area contributed by atoms with E-state index >= 15 is 0 Å². The topological polar surface area (TPSA) is 34.9 Å². The van der Waals surface area contributed by atoms with Crippen molar-refractivity contribution in [3.8, 4) is 0 Å². The summed E-state index contributed by atoms with van der Waals surface area (Å²) >= 11 is 12.2. The number of Topliss-reactive ketones (excluding diaryl/α,β-unsaturated/α-hetero) is 1. The van der Waals surface area contributed by atoms with E-state index in [1.807, 2.05) is 6.08 Å². The summed E-state index contributed by atoms with van der Waals surface area (Å²) in [6.45, 7) is 2.15. The summed E-state index contributed by atoms with van der Waals surface area (Å²) in [5, 5.41) is 0.871. The van der Waals surface area contributed by atoms with Crippen LogP contribution in [0.3, 0.4) is 0 Å². The number of nitrogens with zero attached hydrogens (tertiary/aromatic N) is 2. The molecule has 1 atom stereocenters. The molecule has 1 heterocycles. The Kier molecular flexibility index (Phi) is 5.22. The summed E-state index contributed by atoms with van der Waals surface area (Å²) in [5.74, 6) is 0.210. The van der Waals surface area contributed by atoms with Crippen LogP contribution >= 0.6 is 23.2 Å². The molecule has 3 rings (SSSR count). The molecule has 1 aromatic carbocycles. The van der Waals surface area contributed by atoms with Gasteiger partial charge in [0.2, 0.25) is 5.78 Å². The summed E-state index contributed by atoms with van der Waals surface area (Å²) in [6, 6.07) is 4.94. The molecule has 0 saturated heterocycles. The minimum atomic E-state index is -0.124. The normalized spacial score (nSPS) is 18.4. The Morgan fingerprint density at radius 1 is 1.38 bits per heavy atom. The first-order valence-electron chi connectivity index (χ1n) is 7.90. The fourth-order valence-corrected chi connectivity index (χ4v) is 3.35. The van der Waals surface area contributed by atoms with Gasteiger partial charge in [-0.1, -0.05) is 40.9 Å². The van der Waals surface area contributed by atoms with Crippen molar-refractivity contribution in [3.63, 3.8) is 0 Å². The van der Waals surface area contributed by atoms with Crippen molar-refractivity contribution in [1.29, 1.82) is 0 Å². The lowest BCUT2D eigenvalue weighted by atomic mass is 9.89. The number of carbonyl (C=O) groups excluding carboxylic acids is 1. The Morgan fingerprint density at radius 2 is 2.21 bits per heavy atom. The van der Waals surface area contributed by atoms with E-state index in [1.54, 1.807) is 41.5 Å². The SMILES string of the molecule is CC1=CCC(C=C(C(=O)c2ccc(Cl)cc2Cl)n2ccnc2)CC1. The van der Waals surface area contributed by atoms with Crippen LogP contribution in [-0.2, 0) is 0 Å². The molecule has 3 nitrogen and oxygen atoms in total. The zero-order valence-corrected chi connectivity index (χ0v) is 14.9. The summed E-state index contributed by atoms with van der Waals surface area (Å²) < 4.78 is 1.75. The second-order valence-corrected chi connectivity index (χ2v) is 6.90. The molecule has 1 aromatic heterocycles. The van der Waals surface area contributed by atoms with Crippen LogP contribution in [0.1, 0.15) is 36.5 Å². The Labute approximate surface area is 151 Å². The summed E-state index contributed by atoms with van der Waals surface area (Å²) in [4.78, 5) is 17.1. The lowest BCUT2D eigenvalue weighted by Crippen LogP contribution is -2.12. The predicted octanol–water partition coefficient (Wildman–Crippen LogP) is 5.66. The first kappa shape index (κ1) is 17.0. The number of rotatable bonds is 4. The van der Waals surface area contributed by atoms with Crippen molar-refractivity contribution in [2.75, 3.05) is 0 Å². The number of ketones is 1. The van der Waals surface area contributed by atoms with Gasteiger partial charge in [0, 0.05) is 23.0 Å². The first-order chi connectivity index (χ1) is 11.5. The van der Waals surface area contributed by atoms with Crippen molar-refractivity contribution < 1.29 is 4.79 Å². The second kappa shape index (κ2) is 7.37. The van der Waals surface area contributed by atoms with Crippen LogP contribution in [0.5, 0.6) is 0 Å².